The van der Waals surface area contributed by atoms with Crippen LogP contribution in [0.2, 0.25) is 0 Å². The van der Waals surface area contributed by atoms with Crippen LogP contribution in [0.1, 0.15) is 32.0 Å². The van der Waals surface area contributed by atoms with Crippen LogP contribution in [0.25, 0.3) is 0 Å². The minimum Gasteiger partial charge on any atom is -0.478 e. The summed E-state index contributed by atoms with van der Waals surface area (Å²) in [6.07, 6.45) is 0. The summed E-state index contributed by atoms with van der Waals surface area (Å²) < 4.78 is 0.587. The average Bonchev–Trinajstić information content (AvgIpc) is 2.76. The number of rotatable bonds is 4. The summed E-state index contributed by atoms with van der Waals surface area (Å²) in [6.45, 7) is 1.91. The molecule has 0 aliphatic rings. The monoisotopic (exact) mass is 385 g/mol. The second kappa shape index (κ2) is 6.04. The highest BCUT2D eigenvalue weighted by atomic mass is 127. The molecule has 0 atom stereocenters. The Balaban J connectivity index is 2.14. The van der Waals surface area contributed by atoms with Crippen molar-refractivity contribution in [2.75, 3.05) is 0 Å². The molecule has 20 heavy (non-hydrogen) atoms. The van der Waals surface area contributed by atoms with Gasteiger partial charge in [0.25, 0.3) is 5.91 Å². The molecule has 0 bridgehead atoms. The van der Waals surface area contributed by atoms with Crippen LogP contribution in [-0.2, 0) is 6.54 Å². The van der Waals surface area contributed by atoms with Gasteiger partial charge in [0, 0.05) is 12.2 Å². The molecule has 1 aromatic carbocycles. The highest BCUT2D eigenvalue weighted by Crippen LogP contribution is 2.13. The number of hydrogen-bond acceptors (Lipinski definition) is 3. The third-order valence-electron chi connectivity index (χ3n) is 2.82. The second-order valence-electron chi connectivity index (χ2n) is 4.16. The molecule has 0 aliphatic carbocycles. The third-order valence-corrected chi connectivity index (χ3v) is 3.60. The van der Waals surface area contributed by atoms with E-state index in [0.717, 1.165) is 0 Å². The molecule has 1 heterocycles. The fourth-order valence-electron chi connectivity index (χ4n) is 1.81. The van der Waals surface area contributed by atoms with Crippen molar-refractivity contribution < 1.29 is 14.7 Å². The van der Waals surface area contributed by atoms with Crippen LogP contribution < -0.4 is 5.32 Å². The Bertz CT molecular complexity index is 647. The molecule has 0 fully saturated rings. The zero-order valence-electron chi connectivity index (χ0n) is 10.6. The molecule has 2 aromatic rings. The van der Waals surface area contributed by atoms with E-state index >= 15 is 0 Å². The van der Waals surface area contributed by atoms with E-state index in [1.54, 1.807) is 25.1 Å². The summed E-state index contributed by atoms with van der Waals surface area (Å²) in [5, 5.41) is 18.5. The van der Waals surface area contributed by atoms with Gasteiger partial charge in [-0.25, -0.2) is 4.79 Å². The molecule has 2 rings (SSSR count). The number of H-pyrrole nitrogens is 1. The van der Waals surface area contributed by atoms with Crippen LogP contribution in [0.4, 0.5) is 0 Å². The van der Waals surface area contributed by atoms with Crippen LogP contribution in [0.3, 0.4) is 0 Å². The number of nitrogens with one attached hydrogen (secondary N) is 2. The van der Waals surface area contributed by atoms with Crippen LogP contribution in [-0.4, -0.2) is 27.2 Å². The van der Waals surface area contributed by atoms with Gasteiger partial charge in [0.2, 0.25) is 0 Å². The topological polar surface area (TPSA) is 95.1 Å². The zero-order chi connectivity index (χ0) is 14.7. The number of nitrogens with zero attached hydrogens (tertiary/aromatic N) is 1. The number of aromatic nitrogens is 2. The van der Waals surface area contributed by atoms with Gasteiger partial charge in [-0.05, 0) is 41.1 Å². The van der Waals surface area contributed by atoms with Gasteiger partial charge in [0.15, 0.2) is 0 Å². The van der Waals surface area contributed by atoms with E-state index in [-0.39, 0.29) is 18.0 Å². The first-order valence-electron chi connectivity index (χ1n) is 5.80. The quantitative estimate of drug-likeness (QED) is 0.702. The summed E-state index contributed by atoms with van der Waals surface area (Å²) in [5.74, 6) is -1.29. The molecule has 1 aromatic heterocycles. The lowest BCUT2D eigenvalue weighted by molar-refractivity contribution is 0.0694. The number of aromatic carboxylic acids is 1. The Morgan fingerprint density at radius 2 is 2.10 bits per heavy atom. The maximum absolute atomic E-state index is 12.1. The predicted molar refractivity (Wildman–Crippen MR) is 80.6 cm³/mol. The van der Waals surface area contributed by atoms with Crippen molar-refractivity contribution in [3.63, 3.8) is 0 Å². The van der Waals surface area contributed by atoms with Crippen molar-refractivity contribution in [3.05, 3.63) is 50.4 Å². The van der Waals surface area contributed by atoms with Crippen molar-refractivity contribution in [1.82, 2.24) is 15.5 Å². The fraction of sp³-hybridized carbons (Fsp3) is 0.154. The van der Waals surface area contributed by atoms with E-state index in [2.05, 4.69) is 15.5 Å². The fourth-order valence-corrected chi connectivity index (χ4v) is 2.58. The van der Waals surface area contributed by atoms with E-state index in [1.807, 2.05) is 22.6 Å². The van der Waals surface area contributed by atoms with E-state index in [1.165, 1.54) is 6.07 Å². The van der Waals surface area contributed by atoms with Crippen molar-refractivity contribution in [2.45, 2.75) is 13.5 Å². The number of carboxylic acid groups (broad SMARTS) is 1. The number of halogens is 1. The summed E-state index contributed by atoms with van der Waals surface area (Å²) >= 11 is 1.97. The molecule has 0 aliphatic heterocycles. The zero-order valence-corrected chi connectivity index (χ0v) is 12.8. The van der Waals surface area contributed by atoms with Crippen molar-refractivity contribution in [2.24, 2.45) is 0 Å². The van der Waals surface area contributed by atoms with Gasteiger partial charge in [-0.15, -0.1) is 0 Å². The summed E-state index contributed by atoms with van der Waals surface area (Å²) in [5.41, 5.74) is 1.91. The molecule has 1 amide bonds. The minimum atomic E-state index is -1.01. The van der Waals surface area contributed by atoms with E-state index < -0.39 is 5.97 Å². The Morgan fingerprint density at radius 1 is 1.40 bits per heavy atom. The minimum absolute atomic E-state index is 0.155. The first-order valence-corrected chi connectivity index (χ1v) is 6.88. The average molecular weight is 385 g/mol. The van der Waals surface area contributed by atoms with Gasteiger partial charge in [-0.2, -0.15) is 5.10 Å². The number of carbonyl (C=O) groups is 2. The predicted octanol–water partition coefficient (Wildman–Crippen LogP) is 1.95. The molecule has 0 radical (unpaired) electrons. The number of carbonyl (C=O) groups excluding carboxylic acids is 1. The Hall–Kier alpha value is -1.90. The van der Waals surface area contributed by atoms with E-state index in [9.17, 15) is 9.59 Å². The molecule has 0 saturated carbocycles. The Kier molecular flexibility index (Phi) is 4.38. The molecular weight excluding hydrogens is 373 g/mol. The first-order chi connectivity index (χ1) is 9.50. The van der Waals surface area contributed by atoms with Gasteiger partial charge >= 0.3 is 5.97 Å². The molecule has 3 N–H and O–H groups in total. The van der Waals surface area contributed by atoms with Gasteiger partial charge in [-0.1, -0.05) is 18.2 Å². The standard InChI is InChI=1S/C13H12IN3O3/c1-7-10(11(14)17-16-7)12(18)15-6-8-4-2-3-5-9(8)13(19)20/h2-5H,6H2,1H3,(H,15,18)(H,16,17)(H,19,20). The number of amides is 1. The lowest BCUT2D eigenvalue weighted by Crippen LogP contribution is -2.25. The Labute approximate surface area is 128 Å². The number of hydrogen-bond donors (Lipinski definition) is 3. The largest absolute Gasteiger partial charge is 0.478 e. The second-order valence-corrected chi connectivity index (χ2v) is 5.18. The van der Waals surface area contributed by atoms with Gasteiger partial charge in [-0.3, -0.25) is 9.89 Å². The van der Waals surface area contributed by atoms with Gasteiger partial charge in [0.1, 0.15) is 3.70 Å². The summed E-state index contributed by atoms with van der Waals surface area (Å²) in [7, 11) is 0. The van der Waals surface area contributed by atoms with Crippen molar-refractivity contribution in [1.29, 1.82) is 0 Å². The molecule has 7 heteroatoms. The maximum Gasteiger partial charge on any atom is 0.336 e. The summed E-state index contributed by atoms with van der Waals surface area (Å²) in [4.78, 5) is 23.2. The summed E-state index contributed by atoms with van der Waals surface area (Å²) in [6, 6.07) is 6.58. The molecular formula is C13H12IN3O3. The number of aromatic amines is 1. The van der Waals surface area contributed by atoms with Crippen molar-refractivity contribution in [3.8, 4) is 0 Å². The number of aryl methyl sites for hydroxylation is 1. The normalized spacial score (nSPS) is 10.3. The molecule has 6 nitrogen and oxygen atoms in total. The smallest absolute Gasteiger partial charge is 0.336 e. The SMILES string of the molecule is Cc1[nH]nc(I)c1C(=O)NCc1ccccc1C(=O)O. The number of carboxylic acids is 1. The molecule has 104 valence electrons. The first kappa shape index (κ1) is 14.5. The maximum atomic E-state index is 12.1. The highest BCUT2D eigenvalue weighted by molar-refractivity contribution is 14.1. The highest BCUT2D eigenvalue weighted by Gasteiger charge is 2.17. The number of benzene rings is 1. The van der Waals surface area contributed by atoms with Gasteiger partial charge < -0.3 is 10.4 Å². The molecule has 0 saturated heterocycles. The van der Waals surface area contributed by atoms with E-state index in [4.69, 9.17) is 5.11 Å². The third kappa shape index (κ3) is 2.98. The van der Waals surface area contributed by atoms with Crippen LogP contribution in [0, 0.1) is 10.6 Å². The van der Waals surface area contributed by atoms with Gasteiger partial charge in [0.05, 0.1) is 11.1 Å². The molecule has 0 unspecified atom stereocenters. The lowest BCUT2D eigenvalue weighted by Gasteiger charge is -2.08. The van der Waals surface area contributed by atoms with Crippen molar-refractivity contribution >= 4 is 34.5 Å². The lowest BCUT2D eigenvalue weighted by atomic mass is 10.1. The van der Waals surface area contributed by atoms with E-state index in [0.29, 0.717) is 20.5 Å². The van der Waals surface area contributed by atoms with Crippen LogP contribution >= 0.6 is 22.6 Å². The Morgan fingerprint density at radius 3 is 2.70 bits per heavy atom. The van der Waals surface area contributed by atoms with Crippen LogP contribution in [0.5, 0.6) is 0 Å². The molecule has 0 spiro atoms. The van der Waals surface area contributed by atoms with Crippen LogP contribution in [0.15, 0.2) is 24.3 Å².